The van der Waals surface area contributed by atoms with Gasteiger partial charge in [-0.25, -0.2) is 0 Å². The van der Waals surface area contributed by atoms with Gasteiger partial charge in [-0.1, -0.05) is 12.2 Å². The summed E-state index contributed by atoms with van der Waals surface area (Å²) in [6.45, 7) is 0. The Bertz CT molecular complexity index is 655. The molecule has 0 aliphatic heterocycles. The van der Waals surface area contributed by atoms with Crippen LogP contribution in [0.15, 0.2) is 43.9 Å². The fraction of sp³-hybridized carbons (Fsp3) is 0. The van der Waals surface area contributed by atoms with Gasteiger partial charge in [-0.05, 0) is 62.2 Å². The number of carbonyl (C=O) groups excluding carboxylic acids is 1. The van der Waals surface area contributed by atoms with Crippen molar-refractivity contribution in [3.63, 3.8) is 0 Å². The number of hydrogen-bond donors (Lipinski definition) is 2. The largest absolute Gasteiger partial charge is 0.444 e. The van der Waals surface area contributed by atoms with Crippen LogP contribution in [0.1, 0.15) is 16.1 Å². The zero-order chi connectivity index (χ0) is 14.0. The molecule has 4 nitrogen and oxygen atoms in total. The first-order valence-corrected chi connectivity index (χ1v) is 7.13. The van der Waals surface area contributed by atoms with E-state index in [1.165, 1.54) is 0 Å². The van der Waals surface area contributed by atoms with Gasteiger partial charge in [0.15, 0.2) is 10.4 Å². The van der Waals surface area contributed by atoms with Gasteiger partial charge in [0.25, 0.3) is 5.91 Å². The lowest BCUT2D eigenvalue weighted by Crippen LogP contribution is -2.13. The Labute approximate surface area is 131 Å². The van der Waals surface area contributed by atoms with E-state index in [2.05, 4.69) is 37.2 Å². The van der Waals surface area contributed by atoms with E-state index in [1.54, 1.807) is 30.3 Å². The summed E-state index contributed by atoms with van der Waals surface area (Å²) in [6.07, 6.45) is 0. The maximum absolute atomic E-state index is 11.9. The van der Waals surface area contributed by atoms with Crippen LogP contribution >= 0.6 is 44.1 Å². The van der Waals surface area contributed by atoms with Gasteiger partial charge in [0.1, 0.15) is 4.99 Å². The fourth-order valence-electron chi connectivity index (χ4n) is 1.39. The summed E-state index contributed by atoms with van der Waals surface area (Å²) in [4.78, 5) is 12.2. The Balaban J connectivity index is 2.20. The number of nitrogens with two attached hydrogens (primary N) is 1. The number of benzene rings is 1. The first-order chi connectivity index (χ1) is 8.97. The third kappa shape index (κ3) is 3.43. The Morgan fingerprint density at radius 2 is 2.00 bits per heavy atom. The number of thiocarbonyl (C=S) groups is 1. The molecule has 1 aromatic heterocycles. The monoisotopic (exact) mass is 402 g/mol. The molecule has 0 saturated heterocycles. The molecule has 3 N–H and O–H groups in total. The second-order valence-corrected chi connectivity index (χ2v) is 5.69. The molecule has 0 spiro atoms. The van der Waals surface area contributed by atoms with E-state index in [0.717, 1.165) is 5.56 Å². The lowest BCUT2D eigenvalue weighted by atomic mass is 10.2. The van der Waals surface area contributed by atoms with Crippen molar-refractivity contribution in [3.8, 4) is 0 Å². The van der Waals surface area contributed by atoms with Crippen LogP contribution < -0.4 is 11.1 Å². The minimum atomic E-state index is -0.338. The SMILES string of the molecule is NC(=S)c1ccc(NC(=O)c2ccc(Br)o2)c(Br)c1. The fourth-order valence-corrected chi connectivity index (χ4v) is 2.30. The highest BCUT2D eigenvalue weighted by Gasteiger charge is 2.12. The van der Waals surface area contributed by atoms with Crippen LogP contribution in [-0.4, -0.2) is 10.9 Å². The van der Waals surface area contributed by atoms with Crippen LogP contribution in [-0.2, 0) is 0 Å². The number of anilines is 1. The Kier molecular flexibility index (Phi) is 4.38. The number of carbonyl (C=O) groups is 1. The van der Waals surface area contributed by atoms with Crippen molar-refractivity contribution in [2.75, 3.05) is 5.32 Å². The minimum absolute atomic E-state index is 0.220. The van der Waals surface area contributed by atoms with E-state index in [-0.39, 0.29) is 11.7 Å². The molecule has 0 radical (unpaired) electrons. The van der Waals surface area contributed by atoms with Gasteiger partial charge >= 0.3 is 0 Å². The van der Waals surface area contributed by atoms with Crippen LogP contribution in [0, 0.1) is 0 Å². The van der Waals surface area contributed by atoms with Gasteiger partial charge in [-0.15, -0.1) is 0 Å². The van der Waals surface area contributed by atoms with Gasteiger partial charge in [0.05, 0.1) is 5.69 Å². The molecule has 98 valence electrons. The molecule has 0 unspecified atom stereocenters. The molecular weight excluding hydrogens is 396 g/mol. The van der Waals surface area contributed by atoms with Crippen molar-refractivity contribution >= 4 is 60.7 Å². The third-order valence-corrected chi connectivity index (χ3v) is 3.62. The standard InChI is InChI=1S/C12H8Br2N2O2S/c13-7-5-6(11(15)19)1-2-8(7)16-12(17)9-3-4-10(14)18-9/h1-5H,(H2,15,19)(H,16,17). The van der Waals surface area contributed by atoms with Crippen molar-refractivity contribution in [1.82, 2.24) is 0 Å². The highest BCUT2D eigenvalue weighted by molar-refractivity contribution is 9.10. The van der Waals surface area contributed by atoms with E-state index in [4.69, 9.17) is 22.4 Å². The second kappa shape index (κ2) is 5.85. The summed E-state index contributed by atoms with van der Waals surface area (Å²) >= 11 is 11.4. The first-order valence-electron chi connectivity index (χ1n) is 5.13. The molecule has 0 aliphatic rings. The first kappa shape index (κ1) is 14.2. The molecule has 19 heavy (non-hydrogen) atoms. The van der Waals surface area contributed by atoms with Gasteiger partial charge in [0.2, 0.25) is 0 Å². The second-order valence-electron chi connectivity index (χ2n) is 3.62. The average molecular weight is 404 g/mol. The number of halogens is 2. The summed E-state index contributed by atoms with van der Waals surface area (Å²) in [5, 5.41) is 2.72. The molecule has 1 aromatic carbocycles. The van der Waals surface area contributed by atoms with E-state index in [1.807, 2.05) is 0 Å². The van der Waals surface area contributed by atoms with E-state index >= 15 is 0 Å². The lowest BCUT2D eigenvalue weighted by Gasteiger charge is -2.07. The van der Waals surface area contributed by atoms with Crippen LogP contribution in [0.3, 0.4) is 0 Å². The van der Waals surface area contributed by atoms with Crippen LogP contribution in [0.4, 0.5) is 5.69 Å². The highest BCUT2D eigenvalue weighted by Crippen LogP contribution is 2.25. The van der Waals surface area contributed by atoms with Crippen LogP contribution in [0.25, 0.3) is 0 Å². The summed E-state index contributed by atoms with van der Waals surface area (Å²) in [5.74, 6) is -0.119. The Morgan fingerprint density at radius 1 is 1.26 bits per heavy atom. The van der Waals surface area contributed by atoms with Gasteiger partial charge in [-0.2, -0.15) is 0 Å². The maximum Gasteiger partial charge on any atom is 0.291 e. The minimum Gasteiger partial charge on any atom is -0.444 e. The van der Waals surface area contributed by atoms with Gasteiger partial charge in [-0.3, -0.25) is 4.79 Å². The predicted octanol–water partition coefficient (Wildman–Crippen LogP) is 3.69. The summed E-state index contributed by atoms with van der Waals surface area (Å²) < 4.78 is 6.36. The Morgan fingerprint density at radius 3 is 2.53 bits per heavy atom. The van der Waals surface area contributed by atoms with Gasteiger partial charge < -0.3 is 15.5 Å². The normalized spacial score (nSPS) is 10.2. The molecule has 0 saturated carbocycles. The highest BCUT2D eigenvalue weighted by atomic mass is 79.9. The molecule has 0 aliphatic carbocycles. The summed E-state index contributed by atoms with van der Waals surface area (Å²) in [7, 11) is 0. The molecule has 2 rings (SSSR count). The topological polar surface area (TPSA) is 68.3 Å². The molecule has 7 heteroatoms. The molecular formula is C12H8Br2N2O2S. The number of nitrogens with one attached hydrogen (secondary N) is 1. The van der Waals surface area contributed by atoms with Crippen molar-refractivity contribution in [3.05, 3.63) is 50.8 Å². The summed E-state index contributed by atoms with van der Waals surface area (Å²) in [5.41, 5.74) is 6.86. The summed E-state index contributed by atoms with van der Waals surface area (Å²) in [6, 6.07) is 8.43. The number of furan rings is 1. The van der Waals surface area contributed by atoms with Crippen LogP contribution in [0.5, 0.6) is 0 Å². The van der Waals surface area contributed by atoms with E-state index in [9.17, 15) is 4.79 Å². The zero-order valence-corrected chi connectivity index (χ0v) is 13.4. The maximum atomic E-state index is 11.9. The van der Waals surface area contributed by atoms with Gasteiger partial charge in [0, 0.05) is 10.0 Å². The van der Waals surface area contributed by atoms with Crippen LogP contribution in [0.2, 0.25) is 0 Å². The molecule has 2 aromatic rings. The number of hydrogen-bond acceptors (Lipinski definition) is 3. The van der Waals surface area contributed by atoms with Crippen molar-refractivity contribution in [2.45, 2.75) is 0 Å². The number of rotatable bonds is 3. The Hall–Kier alpha value is -1.18. The lowest BCUT2D eigenvalue weighted by molar-refractivity contribution is 0.0995. The van der Waals surface area contributed by atoms with E-state index < -0.39 is 0 Å². The van der Waals surface area contributed by atoms with Crippen molar-refractivity contribution < 1.29 is 9.21 Å². The quantitative estimate of drug-likeness (QED) is 0.766. The molecule has 0 fully saturated rings. The molecule has 1 amide bonds. The zero-order valence-electron chi connectivity index (χ0n) is 9.44. The molecule has 1 heterocycles. The average Bonchev–Trinajstić information content (AvgIpc) is 2.78. The molecule has 0 bridgehead atoms. The third-order valence-electron chi connectivity index (χ3n) is 2.30. The van der Waals surface area contributed by atoms with Crippen molar-refractivity contribution in [2.24, 2.45) is 5.73 Å². The van der Waals surface area contributed by atoms with E-state index in [0.29, 0.717) is 19.8 Å². The van der Waals surface area contributed by atoms with Crippen molar-refractivity contribution in [1.29, 1.82) is 0 Å². The molecule has 0 atom stereocenters. The number of amides is 1. The predicted molar refractivity (Wildman–Crippen MR) is 84.4 cm³/mol. The smallest absolute Gasteiger partial charge is 0.291 e.